The number of hydrogen-bond donors (Lipinski definition) is 2. The Morgan fingerprint density at radius 3 is 2.56 bits per heavy atom. The van der Waals surface area contributed by atoms with Gasteiger partial charge in [-0.25, -0.2) is 4.79 Å². The number of aliphatic hydroxyl groups excluding tert-OH is 1. The highest BCUT2D eigenvalue weighted by molar-refractivity contribution is 5.90. The van der Waals surface area contributed by atoms with Crippen molar-refractivity contribution in [3.63, 3.8) is 0 Å². The van der Waals surface area contributed by atoms with E-state index in [0.29, 0.717) is 5.56 Å². The highest BCUT2D eigenvalue weighted by Crippen LogP contribution is 2.31. The molecule has 1 rings (SSSR count). The molecule has 0 saturated carbocycles. The Labute approximate surface area is 93.2 Å². The van der Waals surface area contributed by atoms with E-state index in [1.165, 1.54) is 26.4 Å². The molecule has 1 aromatic rings. The third-order valence-corrected chi connectivity index (χ3v) is 2.18. The Balaban J connectivity index is 3.22. The molecule has 0 unspecified atom stereocenters. The topological polar surface area (TPSA) is 76.0 Å². The van der Waals surface area contributed by atoms with Crippen LogP contribution in [0.2, 0.25) is 0 Å². The van der Waals surface area contributed by atoms with Crippen LogP contribution in [-0.2, 0) is 11.2 Å². The summed E-state index contributed by atoms with van der Waals surface area (Å²) < 4.78 is 9.50. The summed E-state index contributed by atoms with van der Waals surface area (Å²) in [5.41, 5.74) is 0.725. The molecule has 0 fully saturated rings. The fraction of sp³-hybridized carbons (Fsp3) is 0.364. The standard InChI is InChI=1S/C11H14O5/c1-15-9-6-8(11(14)16-2)5-7(3-4-12)10(9)13/h5-6,12-13H,3-4H2,1-2H3. The minimum absolute atomic E-state index is 0.0656. The lowest BCUT2D eigenvalue weighted by molar-refractivity contribution is 0.0600. The van der Waals surface area contributed by atoms with Gasteiger partial charge in [-0.05, 0) is 18.6 Å². The van der Waals surface area contributed by atoms with Gasteiger partial charge >= 0.3 is 5.97 Å². The van der Waals surface area contributed by atoms with Crippen LogP contribution in [0.5, 0.6) is 11.5 Å². The predicted octanol–water partition coefficient (Wildman–Crippen LogP) is 0.722. The summed E-state index contributed by atoms with van der Waals surface area (Å²) >= 11 is 0. The number of aliphatic hydroxyl groups is 1. The number of esters is 1. The zero-order chi connectivity index (χ0) is 12.1. The van der Waals surface area contributed by atoms with Crippen LogP contribution in [0.15, 0.2) is 12.1 Å². The van der Waals surface area contributed by atoms with Gasteiger partial charge in [0, 0.05) is 12.2 Å². The second kappa shape index (κ2) is 5.37. The third kappa shape index (κ3) is 2.43. The summed E-state index contributed by atoms with van der Waals surface area (Å²) in [5, 5.41) is 18.5. The molecule has 16 heavy (non-hydrogen) atoms. The monoisotopic (exact) mass is 226 g/mol. The fourth-order valence-electron chi connectivity index (χ4n) is 1.37. The lowest BCUT2D eigenvalue weighted by Crippen LogP contribution is -2.04. The molecule has 2 N–H and O–H groups in total. The molecule has 0 radical (unpaired) electrons. The number of phenolic OH excluding ortho intramolecular Hbond substituents is 1. The van der Waals surface area contributed by atoms with E-state index in [2.05, 4.69) is 4.74 Å². The molecule has 0 aromatic heterocycles. The lowest BCUT2D eigenvalue weighted by atomic mass is 10.1. The van der Waals surface area contributed by atoms with Gasteiger partial charge in [-0.2, -0.15) is 0 Å². The molecule has 0 aliphatic rings. The van der Waals surface area contributed by atoms with E-state index in [1.807, 2.05) is 0 Å². The third-order valence-electron chi connectivity index (χ3n) is 2.18. The van der Waals surface area contributed by atoms with Crippen molar-refractivity contribution in [2.75, 3.05) is 20.8 Å². The second-order valence-electron chi connectivity index (χ2n) is 3.15. The highest BCUT2D eigenvalue weighted by Gasteiger charge is 2.14. The Kier molecular flexibility index (Phi) is 4.13. The van der Waals surface area contributed by atoms with E-state index < -0.39 is 5.97 Å². The van der Waals surface area contributed by atoms with Crippen molar-refractivity contribution >= 4 is 5.97 Å². The van der Waals surface area contributed by atoms with Crippen LogP contribution >= 0.6 is 0 Å². The van der Waals surface area contributed by atoms with E-state index in [1.54, 1.807) is 0 Å². The van der Waals surface area contributed by atoms with Crippen molar-refractivity contribution in [3.05, 3.63) is 23.3 Å². The molecule has 5 nitrogen and oxygen atoms in total. The zero-order valence-corrected chi connectivity index (χ0v) is 9.19. The van der Waals surface area contributed by atoms with Crippen molar-refractivity contribution in [1.29, 1.82) is 0 Å². The molecule has 0 aliphatic carbocycles. The molecule has 0 bridgehead atoms. The lowest BCUT2D eigenvalue weighted by Gasteiger charge is -2.10. The summed E-state index contributed by atoms with van der Waals surface area (Å²) in [6.07, 6.45) is 0.243. The van der Waals surface area contributed by atoms with Gasteiger partial charge in [-0.15, -0.1) is 0 Å². The molecule has 88 valence electrons. The van der Waals surface area contributed by atoms with Gasteiger partial charge < -0.3 is 19.7 Å². The van der Waals surface area contributed by atoms with Crippen LogP contribution in [0.1, 0.15) is 15.9 Å². The SMILES string of the molecule is COC(=O)c1cc(CCO)c(O)c(OC)c1. The number of phenols is 1. The van der Waals surface area contributed by atoms with E-state index in [4.69, 9.17) is 9.84 Å². The molecule has 0 spiro atoms. The minimum atomic E-state index is -0.516. The van der Waals surface area contributed by atoms with E-state index in [9.17, 15) is 9.90 Å². The number of hydrogen-bond acceptors (Lipinski definition) is 5. The Morgan fingerprint density at radius 1 is 1.38 bits per heavy atom. The maximum absolute atomic E-state index is 11.3. The summed E-state index contributed by atoms with van der Waals surface area (Å²) in [5.74, 6) is -0.395. The van der Waals surface area contributed by atoms with Crippen LogP contribution in [0, 0.1) is 0 Å². The first-order valence-corrected chi connectivity index (χ1v) is 4.73. The first kappa shape index (κ1) is 12.3. The Morgan fingerprint density at radius 2 is 2.06 bits per heavy atom. The van der Waals surface area contributed by atoms with E-state index in [0.717, 1.165) is 0 Å². The molecule has 5 heteroatoms. The molecule has 0 aliphatic heterocycles. The average Bonchev–Trinajstić information content (AvgIpc) is 2.31. The van der Waals surface area contributed by atoms with Gasteiger partial charge in [0.05, 0.1) is 19.8 Å². The molecule has 0 amide bonds. The van der Waals surface area contributed by atoms with Gasteiger partial charge in [0.15, 0.2) is 11.5 Å². The molecule has 0 heterocycles. The Bertz CT molecular complexity index is 386. The number of carbonyl (C=O) groups is 1. The van der Waals surface area contributed by atoms with Gasteiger partial charge in [0.2, 0.25) is 0 Å². The van der Waals surface area contributed by atoms with Gasteiger partial charge in [0.1, 0.15) is 0 Å². The molecule has 1 aromatic carbocycles. The summed E-state index contributed by atoms with van der Waals surface area (Å²) in [6, 6.07) is 2.86. The van der Waals surface area contributed by atoms with Crippen LogP contribution in [0.25, 0.3) is 0 Å². The van der Waals surface area contributed by atoms with Gasteiger partial charge in [0.25, 0.3) is 0 Å². The van der Waals surface area contributed by atoms with Crippen LogP contribution in [0.4, 0.5) is 0 Å². The predicted molar refractivity (Wildman–Crippen MR) is 56.8 cm³/mol. The number of carbonyl (C=O) groups excluding carboxylic acids is 1. The fourth-order valence-corrected chi connectivity index (χ4v) is 1.37. The molecule has 0 saturated heterocycles. The van der Waals surface area contributed by atoms with Crippen molar-refractivity contribution in [2.24, 2.45) is 0 Å². The quantitative estimate of drug-likeness (QED) is 0.740. The van der Waals surface area contributed by atoms with Gasteiger partial charge in [-0.1, -0.05) is 0 Å². The van der Waals surface area contributed by atoms with Crippen LogP contribution < -0.4 is 4.74 Å². The smallest absolute Gasteiger partial charge is 0.337 e. The highest BCUT2D eigenvalue weighted by atomic mass is 16.5. The number of ether oxygens (including phenoxy) is 2. The van der Waals surface area contributed by atoms with Crippen molar-refractivity contribution in [1.82, 2.24) is 0 Å². The zero-order valence-electron chi connectivity index (χ0n) is 9.19. The summed E-state index contributed by atoms with van der Waals surface area (Å²) in [6.45, 7) is -0.124. The summed E-state index contributed by atoms with van der Waals surface area (Å²) in [4.78, 5) is 11.3. The van der Waals surface area contributed by atoms with Gasteiger partial charge in [-0.3, -0.25) is 0 Å². The second-order valence-corrected chi connectivity index (χ2v) is 3.15. The normalized spacial score (nSPS) is 9.94. The van der Waals surface area contributed by atoms with Crippen molar-refractivity contribution in [3.8, 4) is 11.5 Å². The maximum atomic E-state index is 11.3. The van der Waals surface area contributed by atoms with Crippen LogP contribution in [0.3, 0.4) is 0 Å². The number of aromatic hydroxyl groups is 1. The average molecular weight is 226 g/mol. The molecular formula is C11H14O5. The minimum Gasteiger partial charge on any atom is -0.504 e. The number of methoxy groups -OCH3 is 2. The van der Waals surface area contributed by atoms with E-state index in [-0.39, 0.29) is 30.1 Å². The first-order chi connectivity index (χ1) is 7.63. The largest absolute Gasteiger partial charge is 0.504 e. The molecular weight excluding hydrogens is 212 g/mol. The number of rotatable bonds is 4. The first-order valence-electron chi connectivity index (χ1n) is 4.73. The Hall–Kier alpha value is -1.75. The molecule has 0 atom stereocenters. The maximum Gasteiger partial charge on any atom is 0.337 e. The summed E-state index contributed by atoms with van der Waals surface area (Å²) in [7, 11) is 2.66. The van der Waals surface area contributed by atoms with Crippen molar-refractivity contribution < 1.29 is 24.5 Å². The number of benzene rings is 1. The van der Waals surface area contributed by atoms with E-state index >= 15 is 0 Å². The van der Waals surface area contributed by atoms with Crippen molar-refractivity contribution in [2.45, 2.75) is 6.42 Å². The van der Waals surface area contributed by atoms with Crippen LogP contribution in [-0.4, -0.2) is 37.0 Å².